The molecule has 4 aromatic heterocycles. The van der Waals surface area contributed by atoms with Gasteiger partial charge in [0, 0.05) is 81.7 Å². The van der Waals surface area contributed by atoms with Crippen LogP contribution in [0.25, 0.3) is 130 Å². The number of hydrogen-bond donors (Lipinski definition) is 0. The first kappa shape index (κ1) is 44.6. The molecule has 0 aliphatic heterocycles. The first-order valence-corrected chi connectivity index (χ1v) is 27.6. The Balaban J connectivity index is 0.786. The first-order valence-electron chi connectivity index (χ1n) is 26.8. The van der Waals surface area contributed by atoms with Crippen LogP contribution in [0.15, 0.2) is 268 Å². The van der Waals surface area contributed by atoms with Crippen LogP contribution in [0.4, 0.5) is 34.1 Å². The number of oxazole rings is 2. The van der Waals surface area contributed by atoms with Crippen molar-refractivity contribution in [2.75, 3.05) is 9.80 Å². The predicted molar refractivity (Wildman–Crippen MR) is 332 cm³/mol. The Labute approximate surface area is 461 Å². The molecule has 7 nitrogen and oxygen atoms in total. The Morgan fingerprint density at radius 1 is 0.275 bits per heavy atom. The molecule has 0 saturated carbocycles. The maximum absolute atomic E-state index is 6.96. The van der Waals surface area contributed by atoms with Crippen LogP contribution < -0.4 is 9.80 Å². The molecule has 0 N–H and O–H groups in total. The number of nitrogens with zero attached hydrogens (tertiary/aromatic N) is 4. The molecule has 17 aromatic rings. The lowest BCUT2D eigenvalue weighted by Gasteiger charge is -2.27. The number of fused-ring (bicyclic) bond motifs is 14. The third kappa shape index (κ3) is 7.06. The van der Waals surface area contributed by atoms with Crippen LogP contribution in [0.3, 0.4) is 0 Å². The SMILES string of the molecule is c1ccc2c(c1)cc(N(c1ccc(-c3nc4ccccc4o3)cc1)c1ccc3c(c1)oc1cc4c(cc13)sc1cc(N(c3ccc(-c5nc6ccccc6o5)cc3)c3cc5ccccc5c5ccccc35)ccc14)c1ccccc12. The van der Waals surface area contributed by atoms with Crippen molar-refractivity contribution in [3.8, 4) is 22.9 Å². The van der Waals surface area contributed by atoms with Crippen molar-refractivity contribution in [3.05, 3.63) is 255 Å². The van der Waals surface area contributed by atoms with Gasteiger partial charge in [0.15, 0.2) is 11.2 Å². The van der Waals surface area contributed by atoms with Crippen LogP contribution in [0.2, 0.25) is 0 Å². The van der Waals surface area contributed by atoms with E-state index in [2.05, 4.69) is 216 Å². The van der Waals surface area contributed by atoms with Crippen molar-refractivity contribution in [3.63, 3.8) is 0 Å². The van der Waals surface area contributed by atoms with Crippen molar-refractivity contribution in [2.24, 2.45) is 0 Å². The highest BCUT2D eigenvalue weighted by Crippen LogP contribution is 2.48. The second-order valence-electron chi connectivity index (χ2n) is 20.5. The number of furan rings is 1. The van der Waals surface area contributed by atoms with E-state index in [1.165, 1.54) is 52.5 Å². The van der Waals surface area contributed by atoms with Gasteiger partial charge in [-0.1, -0.05) is 127 Å². The molecular weight excluding hydrogens is 1000 g/mol. The summed E-state index contributed by atoms with van der Waals surface area (Å²) in [5.74, 6) is 1.19. The molecule has 0 spiro atoms. The Hall–Kier alpha value is -10.5. The second-order valence-corrected chi connectivity index (χ2v) is 21.6. The minimum atomic E-state index is 0.592. The summed E-state index contributed by atoms with van der Waals surface area (Å²) < 4.78 is 21.8. The zero-order valence-electron chi connectivity index (χ0n) is 42.7. The quantitative estimate of drug-likeness (QED) is 0.140. The monoisotopic (exact) mass is 1040 g/mol. The molecule has 17 rings (SSSR count). The van der Waals surface area contributed by atoms with Crippen LogP contribution in [-0.2, 0) is 0 Å². The van der Waals surface area contributed by atoms with E-state index in [0.717, 1.165) is 100 Å². The van der Waals surface area contributed by atoms with Gasteiger partial charge in [-0.3, -0.25) is 0 Å². The van der Waals surface area contributed by atoms with Crippen LogP contribution in [0.1, 0.15) is 0 Å². The summed E-state index contributed by atoms with van der Waals surface area (Å²) in [5.41, 5.74) is 12.9. The number of benzene rings is 13. The smallest absolute Gasteiger partial charge is 0.227 e. The van der Waals surface area contributed by atoms with Crippen molar-refractivity contribution < 1.29 is 13.3 Å². The maximum atomic E-state index is 6.96. The Bertz CT molecular complexity index is 4940. The predicted octanol–water partition coefficient (Wildman–Crippen LogP) is 21.1. The molecule has 0 atom stereocenters. The van der Waals surface area contributed by atoms with Crippen molar-refractivity contribution in [2.45, 2.75) is 0 Å². The summed E-state index contributed by atoms with van der Waals surface area (Å²) in [5, 5.41) is 14.0. The molecule has 0 bridgehead atoms. The van der Waals surface area contributed by atoms with Gasteiger partial charge in [0.2, 0.25) is 11.8 Å². The normalized spacial score (nSPS) is 12.0. The van der Waals surface area contributed by atoms with Gasteiger partial charge in [0.25, 0.3) is 0 Å². The molecule has 0 fully saturated rings. The van der Waals surface area contributed by atoms with Gasteiger partial charge < -0.3 is 23.1 Å². The van der Waals surface area contributed by atoms with Gasteiger partial charge in [-0.05, 0) is 154 Å². The van der Waals surface area contributed by atoms with Gasteiger partial charge in [-0.2, -0.15) is 0 Å². The molecular formula is C72H42N4O3S. The summed E-state index contributed by atoms with van der Waals surface area (Å²) in [6.45, 7) is 0. The fourth-order valence-electron chi connectivity index (χ4n) is 12.1. The van der Waals surface area contributed by atoms with E-state index in [1.54, 1.807) is 0 Å². The highest BCUT2D eigenvalue weighted by molar-refractivity contribution is 7.26. The summed E-state index contributed by atoms with van der Waals surface area (Å²) in [7, 11) is 0. The van der Waals surface area contributed by atoms with Crippen LogP contribution in [0.5, 0.6) is 0 Å². The molecule has 0 radical (unpaired) electrons. The molecule has 0 saturated heterocycles. The van der Waals surface area contributed by atoms with Crippen molar-refractivity contribution in [1.29, 1.82) is 0 Å². The van der Waals surface area contributed by atoms with E-state index >= 15 is 0 Å². The topological polar surface area (TPSA) is 71.7 Å². The molecule has 4 heterocycles. The van der Waals surface area contributed by atoms with Gasteiger partial charge in [-0.25, -0.2) is 9.97 Å². The number of rotatable bonds is 8. The minimum Gasteiger partial charge on any atom is -0.456 e. The minimum absolute atomic E-state index is 0.592. The lowest BCUT2D eigenvalue weighted by Crippen LogP contribution is -2.10. The first-order chi connectivity index (χ1) is 39.6. The fourth-order valence-corrected chi connectivity index (χ4v) is 13.3. The lowest BCUT2D eigenvalue weighted by atomic mass is 9.98. The highest BCUT2D eigenvalue weighted by atomic mass is 32.1. The lowest BCUT2D eigenvalue weighted by molar-refractivity contribution is 0.619. The molecule has 13 aromatic carbocycles. The molecule has 0 aliphatic rings. The van der Waals surface area contributed by atoms with E-state index in [0.29, 0.717) is 11.8 Å². The molecule has 374 valence electrons. The van der Waals surface area contributed by atoms with Gasteiger partial charge in [0.05, 0.1) is 11.4 Å². The van der Waals surface area contributed by atoms with Crippen LogP contribution in [0, 0.1) is 0 Å². The van der Waals surface area contributed by atoms with Gasteiger partial charge in [0.1, 0.15) is 22.2 Å². The molecule has 0 unspecified atom stereocenters. The Kier molecular flexibility index (Phi) is 9.75. The van der Waals surface area contributed by atoms with Gasteiger partial charge in [-0.15, -0.1) is 11.3 Å². The Morgan fingerprint density at radius 2 is 0.713 bits per heavy atom. The molecule has 0 aliphatic carbocycles. The summed E-state index contributed by atoms with van der Waals surface area (Å²) in [6.07, 6.45) is 0. The molecule has 0 amide bonds. The van der Waals surface area contributed by atoms with Crippen LogP contribution >= 0.6 is 11.3 Å². The van der Waals surface area contributed by atoms with Crippen molar-refractivity contribution >= 4 is 153 Å². The Morgan fingerprint density at radius 3 is 1.26 bits per heavy atom. The van der Waals surface area contributed by atoms with E-state index < -0.39 is 0 Å². The number of aromatic nitrogens is 2. The van der Waals surface area contributed by atoms with E-state index in [9.17, 15) is 0 Å². The molecule has 8 heteroatoms. The maximum Gasteiger partial charge on any atom is 0.227 e. The number of hydrogen-bond acceptors (Lipinski definition) is 8. The fraction of sp³-hybridized carbons (Fsp3) is 0. The largest absolute Gasteiger partial charge is 0.456 e. The highest BCUT2D eigenvalue weighted by Gasteiger charge is 2.23. The average Bonchev–Trinajstić information content (AvgIpc) is 4.47. The second kappa shape index (κ2) is 17.5. The van der Waals surface area contributed by atoms with E-state index in [4.69, 9.17) is 23.2 Å². The third-order valence-electron chi connectivity index (χ3n) is 15.9. The average molecular weight is 1040 g/mol. The van der Waals surface area contributed by atoms with Crippen molar-refractivity contribution in [1.82, 2.24) is 9.97 Å². The van der Waals surface area contributed by atoms with Gasteiger partial charge >= 0.3 is 0 Å². The number of anilines is 6. The summed E-state index contributed by atoms with van der Waals surface area (Å²) in [4.78, 5) is 14.4. The van der Waals surface area contributed by atoms with E-state index in [-0.39, 0.29) is 0 Å². The zero-order chi connectivity index (χ0) is 52.4. The number of thiophene rings is 1. The third-order valence-corrected chi connectivity index (χ3v) is 17.0. The van der Waals surface area contributed by atoms with E-state index in [1.807, 2.05) is 59.9 Å². The standard InChI is InChI=1S/C72H42N4O3S/c1-3-15-51-45(13-1)37-63(55-19-7-5-17-53(51)55)75(47-29-25-43(26-30-47)71-73-61-21-9-11-23-65(61)78-71)49-33-35-57-59-42-70-60(41-68(59)77-67(57)39-49)58-36-34-50(40-69(58)80-70)76(64-38-46-14-2-4-16-52(46)54-18-6-8-20-56(54)64)48-31-27-44(28-32-48)72-74-62-22-10-12-24-66(62)79-72/h1-42H. The molecule has 80 heavy (non-hydrogen) atoms. The number of para-hydroxylation sites is 4. The summed E-state index contributed by atoms with van der Waals surface area (Å²) >= 11 is 1.81. The van der Waals surface area contributed by atoms with Crippen LogP contribution in [-0.4, -0.2) is 9.97 Å². The zero-order valence-corrected chi connectivity index (χ0v) is 43.5. The summed E-state index contributed by atoms with van der Waals surface area (Å²) in [6, 6.07) is 90.3.